The van der Waals surface area contributed by atoms with E-state index < -0.39 is 0 Å². The topological polar surface area (TPSA) is 29.3 Å². The predicted octanol–water partition coefficient (Wildman–Crippen LogP) is 2.63. The van der Waals surface area contributed by atoms with Crippen LogP contribution in [0, 0.1) is 5.92 Å². The lowest BCUT2D eigenvalue weighted by Crippen LogP contribution is -2.41. The summed E-state index contributed by atoms with van der Waals surface area (Å²) in [7, 11) is 2.21. The molecule has 0 aromatic rings. The van der Waals surface area contributed by atoms with Gasteiger partial charge in [-0.2, -0.15) is 0 Å². The van der Waals surface area contributed by atoms with Gasteiger partial charge in [-0.25, -0.2) is 0 Å². The molecule has 0 saturated heterocycles. The van der Waals surface area contributed by atoms with Crippen molar-refractivity contribution in [2.45, 2.75) is 57.9 Å². The molecular formula is C13H28N2. The van der Waals surface area contributed by atoms with Gasteiger partial charge in [0.05, 0.1) is 0 Å². The second kappa shape index (κ2) is 7.24. The Bertz CT molecular complexity index is 153. The van der Waals surface area contributed by atoms with E-state index in [1.807, 2.05) is 0 Å². The number of hydrogen-bond acceptors (Lipinski definition) is 2. The van der Waals surface area contributed by atoms with Crippen molar-refractivity contribution >= 4 is 0 Å². The minimum Gasteiger partial charge on any atom is -0.326 e. The van der Waals surface area contributed by atoms with E-state index in [1.54, 1.807) is 0 Å². The van der Waals surface area contributed by atoms with Gasteiger partial charge >= 0.3 is 0 Å². The Morgan fingerprint density at radius 3 is 2.53 bits per heavy atom. The second-order valence-electron chi connectivity index (χ2n) is 5.18. The molecule has 1 aliphatic carbocycles. The molecule has 0 amide bonds. The largest absolute Gasteiger partial charge is 0.326 e. The minimum atomic E-state index is 0.409. The summed E-state index contributed by atoms with van der Waals surface area (Å²) in [5, 5.41) is 0. The van der Waals surface area contributed by atoms with Crippen molar-refractivity contribution in [3.05, 3.63) is 0 Å². The zero-order valence-electron chi connectivity index (χ0n) is 10.5. The lowest BCUT2D eigenvalue weighted by molar-refractivity contribution is 0.231. The summed E-state index contributed by atoms with van der Waals surface area (Å²) in [5.41, 5.74) is 6.28. The van der Waals surface area contributed by atoms with Crippen LogP contribution in [0.25, 0.3) is 0 Å². The highest BCUT2D eigenvalue weighted by atomic mass is 15.1. The molecule has 1 unspecified atom stereocenters. The van der Waals surface area contributed by atoms with Crippen LogP contribution in [-0.4, -0.2) is 31.1 Å². The van der Waals surface area contributed by atoms with Crippen LogP contribution in [0.2, 0.25) is 0 Å². The zero-order valence-corrected chi connectivity index (χ0v) is 10.5. The van der Waals surface area contributed by atoms with E-state index >= 15 is 0 Å². The molecule has 1 fully saturated rings. The van der Waals surface area contributed by atoms with Crippen LogP contribution in [0.3, 0.4) is 0 Å². The van der Waals surface area contributed by atoms with Gasteiger partial charge in [-0.15, -0.1) is 0 Å². The molecule has 15 heavy (non-hydrogen) atoms. The van der Waals surface area contributed by atoms with Crippen LogP contribution >= 0.6 is 0 Å². The molecule has 0 heterocycles. The van der Waals surface area contributed by atoms with Gasteiger partial charge < -0.3 is 10.6 Å². The molecule has 1 saturated carbocycles. The smallest absolute Gasteiger partial charge is 0.0196 e. The lowest BCUT2D eigenvalue weighted by atomic mass is 9.84. The van der Waals surface area contributed by atoms with Gasteiger partial charge in [0.1, 0.15) is 0 Å². The van der Waals surface area contributed by atoms with Crippen molar-refractivity contribution in [1.29, 1.82) is 0 Å². The van der Waals surface area contributed by atoms with E-state index in [9.17, 15) is 0 Å². The van der Waals surface area contributed by atoms with E-state index in [-0.39, 0.29) is 0 Å². The van der Waals surface area contributed by atoms with Gasteiger partial charge in [0.2, 0.25) is 0 Å². The Morgan fingerprint density at radius 1 is 1.27 bits per heavy atom. The van der Waals surface area contributed by atoms with Gasteiger partial charge in [0.15, 0.2) is 0 Å². The number of nitrogens with zero attached hydrogens (tertiary/aromatic N) is 1. The number of likely N-dealkylation sites (N-methyl/N-ethyl adjacent to an activating group) is 1. The number of nitrogens with two attached hydrogens (primary N) is 1. The Hall–Kier alpha value is -0.0800. The van der Waals surface area contributed by atoms with Crippen LogP contribution in [0.5, 0.6) is 0 Å². The third kappa shape index (κ3) is 4.98. The third-order valence-electron chi connectivity index (χ3n) is 3.67. The van der Waals surface area contributed by atoms with E-state index in [2.05, 4.69) is 18.9 Å². The van der Waals surface area contributed by atoms with Crippen LogP contribution in [0.15, 0.2) is 0 Å². The molecule has 2 heteroatoms. The zero-order chi connectivity index (χ0) is 11.1. The molecule has 0 bridgehead atoms. The molecule has 0 radical (unpaired) electrons. The first-order chi connectivity index (χ1) is 7.24. The van der Waals surface area contributed by atoms with Gasteiger partial charge in [-0.05, 0) is 38.8 Å². The fraction of sp³-hybridized carbons (Fsp3) is 1.00. The molecule has 2 N–H and O–H groups in total. The van der Waals surface area contributed by atoms with Crippen LogP contribution in [0.4, 0.5) is 0 Å². The quantitative estimate of drug-likeness (QED) is 0.733. The summed E-state index contributed by atoms with van der Waals surface area (Å²) in [6.45, 7) is 4.54. The Kier molecular flexibility index (Phi) is 6.26. The first kappa shape index (κ1) is 13.0. The standard InChI is InChI=1S/C13H28N2/c1-3-4-10-15(2)11-13(14)12-8-6-5-7-9-12/h12-13H,3-11,14H2,1-2H3. The van der Waals surface area contributed by atoms with Crippen LogP contribution < -0.4 is 5.73 Å². The fourth-order valence-corrected chi connectivity index (χ4v) is 2.59. The Labute approximate surface area is 95.2 Å². The molecule has 90 valence electrons. The molecule has 1 atom stereocenters. The van der Waals surface area contributed by atoms with Gasteiger partial charge in [0, 0.05) is 12.6 Å². The highest BCUT2D eigenvalue weighted by molar-refractivity contribution is 4.78. The second-order valence-corrected chi connectivity index (χ2v) is 5.18. The normalized spacial score (nSPS) is 20.8. The monoisotopic (exact) mass is 212 g/mol. The van der Waals surface area contributed by atoms with Crippen molar-refractivity contribution in [3.8, 4) is 0 Å². The summed E-state index contributed by atoms with van der Waals surface area (Å²) in [4.78, 5) is 2.41. The van der Waals surface area contributed by atoms with Crippen LogP contribution in [-0.2, 0) is 0 Å². The Morgan fingerprint density at radius 2 is 1.93 bits per heavy atom. The van der Waals surface area contributed by atoms with Crippen LogP contribution in [0.1, 0.15) is 51.9 Å². The molecule has 1 rings (SSSR count). The maximum Gasteiger partial charge on any atom is 0.0196 e. The number of rotatable bonds is 6. The summed E-state index contributed by atoms with van der Waals surface area (Å²) >= 11 is 0. The van der Waals surface area contributed by atoms with Crippen molar-refractivity contribution in [2.75, 3.05) is 20.1 Å². The summed E-state index contributed by atoms with van der Waals surface area (Å²) in [6.07, 6.45) is 9.53. The van der Waals surface area contributed by atoms with Crippen molar-refractivity contribution in [1.82, 2.24) is 4.90 Å². The van der Waals surface area contributed by atoms with Gasteiger partial charge in [0.25, 0.3) is 0 Å². The predicted molar refractivity (Wildman–Crippen MR) is 67.0 cm³/mol. The number of unbranched alkanes of at least 4 members (excludes halogenated alkanes) is 1. The first-order valence-corrected chi connectivity index (χ1v) is 6.68. The number of hydrogen-bond donors (Lipinski definition) is 1. The minimum absolute atomic E-state index is 0.409. The van der Waals surface area contributed by atoms with Crippen molar-refractivity contribution in [2.24, 2.45) is 11.7 Å². The molecule has 1 aliphatic rings. The molecule has 2 nitrogen and oxygen atoms in total. The van der Waals surface area contributed by atoms with E-state index in [1.165, 1.54) is 51.5 Å². The summed E-state index contributed by atoms with van der Waals surface area (Å²) in [6, 6.07) is 0.409. The van der Waals surface area contributed by atoms with Crippen molar-refractivity contribution in [3.63, 3.8) is 0 Å². The Balaban J connectivity index is 2.17. The highest BCUT2D eigenvalue weighted by Crippen LogP contribution is 2.25. The molecule has 0 aromatic carbocycles. The first-order valence-electron chi connectivity index (χ1n) is 6.68. The van der Waals surface area contributed by atoms with E-state index in [0.29, 0.717) is 6.04 Å². The van der Waals surface area contributed by atoms with Crippen molar-refractivity contribution < 1.29 is 0 Å². The van der Waals surface area contributed by atoms with E-state index in [4.69, 9.17) is 5.73 Å². The average Bonchev–Trinajstić information content (AvgIpc) is 2.27. The SMILES string of the molecule is CCCCN(C)CC(N)C1CCCCC1. The summed E-state index contributed by atoms with van der Waals surface area (Å²) in [5.74, 6) is 0.794. The van der Waals surface area contributed by atoms with E-state index in [0.717, 1.165) is 12.5 Å². The maximum atomic E-state index is 6.28. The van der Waals surface area contributed by atoms with Gasteiger partial charge in [-0.1, -0.05) is 32.6 Å². The maximum absolute atomic E-state index is 6.28. The average molecular weight is 212 g/mol. The molecular weight excluding hydrogens is 184 g/mol. The molecule has 0 aliphatic heterocycles. The molecule has 0 spiro atoms. The third-order valence-corrected chi connectivity index (χ3v) is 3.67. The fourth-order valence-electron chi connectivity index (χ4n) is 2.59. The van der Waals surface area contributed by atoms with Gasteiger partial charge in [-0.3, -0.25) is 0 Å². The molecule has 0 aromatic heterocycles. The highest BCUT2D eigenvalue weighted by Gasteiger charge is 2.21. The lowest BCUT2D eigenvalue weighted by Gasteiger charge is -2.30. The summed E-state index contributed by atoms with van der Waals surface area (Å²) < 4.78 is 0.